The van der Waals surface area contributed by atoms with Gasteiger partial charge in [0.15, 0.2) is 6.10 Å². The van der Waals surface area contributed by atoms with Gasteiger partial charge in [-0.1, -0.05) is 36.4 Å². The molecule has 0 aliphatic rings. The maximum atomic E-state index is 12.2. The van der Waals surface area contributed by atoms with Gasteiger partial charge in [0.25, 0.3) is 5.91 Å². The van der Waals surface area contributed by atoms with Gasteiger partial charge in [-0.05, 0) is 50.5 Å². The van der Waals surface area contributed by atoms with E-state index in [1.165, 1.54) is 18.6 Å². The number of rotatable bonds is 7. The zero-order chi connectivity index (χ0) is 18.9. The third kappa shape index (κ3) is 5.75. The highest BCUT2D eigenvalue weighted by molar-refractivity contribution is 5.92. The topological polar surface area (TPSA) is 79.2 Å². The maximum absolute atomic E-state index is 12.2. The first-order valence-corrected chi connectivity index (χ1v) is 8.55. The molecule has 0 aliphatic carbocycles. The van der Waals surface area contributed by atoms with Crippen LogP contribution in [-0.4, -0.2) is 24.0 Å². The maximum Gasteiger partial charge on any atom is 0.338 e. The van der Waals surface area contributed by atoms with E-state index in [1.54, 1.807) is 18.2 Å². The van der Waals surface area contributed by atoms with Crippen LogP contribution in [0.5, 0.6) is 0 Å². The Morgan fingerprint density at radius 1 is 1.12 bits per heavy atom. The average Bonchev–Trinajstić information content (AvgIpc) is 2.67. The molecule has 0 aliphatic heterocycles. The van der Waals surface area contributed by atoms with E-state index >= 15 is 0 Å². The van der Waals surface area contributed by atoms with Crippen LogP contribution in [0.25, 0.3) is 0 Å². The molecule has 0 radical (unpaired) electrons. The van der Waals surface area contributed by atoms with Crippen LogP contribution >= 0.6 is 0 Å². The summed E-state index contributed by atoms with van der Waals surface area (Å²) in [6.07, 6.45) is 0.741. The summed E-state index contributed by atoms with van der Waals surface area (Å²) >= 11 is 0. The molecule has 134 valence electrons. The van der Waals surface area contributed by atoms with Crippen LogP contribution in [0.15, 0.2) is 54.6 Å². The molecule has 0 heterocycles. The van der Waals surface area contributed by atoms with Gasteiger partial charge >= 0.3 is 5.97 Å². The van der Waals surface area contributed by atoms with Crippen molar-refractivity contribution in [2.45, 2.75) is 38.8 Å². The van der Waals surface area contributed by atoms with Gasteiger partial charge in [0.05, 0.1) is 17.2 Å². The predicted molar refractivity (Wildman–Crippen MR) is 98.4 cm³/mol. The van der Waals surface area contributed by atoms with Crippen molar-refractivity contribution >= 4 is 11.9 Å². The van der Waals surface area contributed by atoms with E-state index < -0.39 is 12.1 Å². The molecule has 2 aromatic carbocycles. The number of nitriles is 1. The summed E-state index contributed by atoms with van der Waals surface area (Å²) in [5.74, 6) is -0.961. The number of benzene rings is 2. The highest BCUT2D eigenvalue weighted by atomic mass is 16.5. The number of nitrogens with zero attached hydrogens (tertiary/aromatic N) is 1. The largest absolute Gasteiger partial charge is 0.449 e. The van der Waals surface area contributed by atoms with Crippen molar-refractivity contribution in [3.05, 3.63) is 71.3 Å². The Kier molecular flexibility index (Phi) is 6.92. The number of hydrogen-bond acceptors (Lipinski definition) is 4. The fraction of sp³-hybridized carbons (Fsp3) is 0.286. The van der Waals surface area contributed by atoms with Crippen LogP contribution in [0.1, 0.15) is 41.8 Å². The van der Waals surface area contributed by atoms with E-state index in [0.29, 0.717) is 5.56 Å². The zero-order valence-electron chi connectivity index (χ0n) is 14.9. The molecule has 2 rings (SSSR count). The fourth-order valence-corrected chi connectivity index (χ4v) is 2.46. The number of hydrogen-bond donors (Lipinski definition) is 1. The van der Waals surface area contributed by atoms with Gasteiger partial charge in [0, 0.05) is 6.04 Å². The minimum absolute atomic E-state index is 0.0363. The van der Waals surface area contributed by atoms with E-state index in [-0.39, 0.29) is 17.5 Å². The van der Waals surface area contributed by atoms with Crippen molar-refractivity contribution in [2.24, 2.45) is 0 Å². The molecule has 5 nitrogen and oxygen atoms in total. The molecule has 26 heavy (non-hydrogen) atoms. The molecular formula is C21H22N2O3. The molecule has 1 amide bonds. The van der Waals surface area contributed by atoms with Gasteiger partial charge in [0.1, 0.15) is 0 Å². The van der Waals surface area contributed by atoms with E-state index in [1.807, 2.05) is 43.3 Å². The summed E-state index contributed by atoms with van der Waals surface area (Å²) in [5, 5.41) is 11.7. The molecule has 5 heteroatoms. The number of carbonyl (C=O) groups excluding carboxylic acids is 2. The molecule has 0 spiro atoms. The van der Waals surface area contributed by atoms with Gasteiger partial charge in [-0.25, -0.2) is 4.79 Å². The Hall–Kier alpha value is -3.13. The first-order chi connectivity index (χ1) is 12.5. The van der Waals surface area contributed by atoms with Crippen LogP contribution in [0.4, 0.5) is 0 Å². The van der Waals surface area contributed by atoms with Crippen LogP contribution in [0.2, 0.25) is 0 Å². The van der Waals surface area contributed by atoms with Crippen molar-refractivity contribution in [3.63, 3.8) is 0 Å². The number of ether oxygens (including phenoxy) is 1. The third-order valence-electron chi connectivity index (χ3n) is 3.98. The zero-order valence-corrected chi connectivity index (χ0v) is 14.9. The van der Waals surface area contributed by atoms with E-state index in [2.05, 4.69) is 5.32 Å². The van der Waals surface area contributed by atoms with Gasteiger partial charge < -0.3 is 10.1 Å². The number of esters is 1. The van der Waals surface area contributed by atoms with E-state index in [4.69, 9.17) is 10.00 Å². The summed E-state index contributed by atoms with van der Waals surface area (Å²) in [7, 11) is 0. The van der Waals surface area contributed by atoms with Gasteiger partial charge in [-0.3, -0.25) is 4.79 Å². The van der Waals surface area contributed by atoms with Gasteiger partial charge in [-0.15, -0.1) is 0 Å². The number of carbonyl (C=O) groups is 2. The molecule has 2 aromatic rings. The van der Waals surface area contributed by atoms with Crippen LogP contribution < -0.4 is 5.32 Å². The Morgan fingerprint density at radius 3 is 2.54 bits per heavy atom. The summed E-state index contributed by atoms with van der Waals surface area (Å²) in [6.45, 7) is 3.46. The minimum atomic E-state index is -0.910. The normalized spacial score (nSPS) is 12.5. The quantitative estimate of drug-likeness (QED) is 0.778. The number of aryl methyl sites for hydroxylation is 1. The van der Waals surface area contributed by atoms with Crippen LogP contribution in [-0.2, 0) is 16.0 Å². The monoisotopic (exact) mass is 350 g/mol. The average molecular weight is 350 g/mol. The summed E-state index contributed by atoms with van der Waals surface area (Å²) in [5.41, 5.74) is 1.83. The number of nitrogens with one attached hydrogen (secondary N) is 1. The van der Waals surface area contributed by atoms with E-state index in [9.17, 15) is 9.59 Å². The fourth-order valence-electron chi connectivity index (χ4n) is 2.46. The Morgan fingerprint density at radius 2 is 1.85 bits per heavy atom. The van der Waals surface area contributed by atoms with Gasteiger partial charge in [0.2, 0.25) is 0 Å². The lowest BCUT2D eigenvalue weighted by Crippen LogP contribution is -2.41. The molecule has 0 saturated heterocycles. The molecular weight excluding hydrogens is 328 g/mol. The molecule has 1 N–H and O–H groups in total. The first kappa shape index (κ1) is 19.2. The lowest BCUT2D eigenvalue weighted by Gasteiger charge is -2.18. The molecule has 0 bridgehead atoms. The Balaban J connectivity index is 1.82. The molecule has 0 fully saturated rings. The summed E-state index contributed by atoms with van der Waals surface area (Å²) in [6, 6.07) is 18.2. The molecule has 0 aromatic heterocycles. The molecule has 2 atom stereocenters. The second-order valence-corrected chi connectivity index (χ2v) is 6.17. The predicted octanol–water partition coefficient (Wildman–Crippen LogP) is 3.24. The summed E-state index contributed by atoms with van der Waals surface area (Å²) < 4.78 is 5.20. The standard InChI is InChI=1S/C21H22N2O3/c1-15(11-12-17-7-4-3-5-8-17)23-20(24)16(2)26-21(25)19-10-6-9-18(13-19)14-22/h3-10,13,15-16H,11-12H2,1-2H3,(H,23,24)/t15-,16-/m1/s1. The lowest BCUT2D eigenvalue weighted by molar-refractivity contribution is -0.129. The van der Waals surface area contributed by atoms with Crippen molar-refractivity contribution < 1.29 is 14.3 Å². The third-order valence-corrected chi connectivity index (χ3v) is 3.98. The lowest BCUT2D eigenvalue weighted by atomic mass is 10.1. The van der Waals surface area contributed by atoms with Crippen molar-refractivity contribution in [3.8, 4) is 6.07 Å². The van der Waals surface area contributed by atoms with Crippen LogP contribution in [0.3, 0.4) is 0 Å². The van der Waals surface area contributed by atoms with Crippen molar-refractivity contribution in [2.75, 3.05) is 0 Å². The minimum Gasteiger partial charge on any atom is -0.449 e. The Labute approximate surface area is 153 Å². The van der Waals surface area contributed by atoms with E-state index in [0.717, 1.165) is 12.8 Å². The highest BCUT2D eigenvalue weighted by Gasteiger charge is 2.20. The van der Waals surface area contributed by atoms with Gasteiger partial charge in [-0.2, -0.15) is 5.26 Å². The highest BCUT2D eigenvalue weighted by Crippen LogP contribution is 2.09. The van der Waals surface area contributed by atoms with Crippen molar-refractivity contribution in [1.29, 1.82) is 5.26 Å². The Bertz CT molecular complexity index is 796. The molecule has 0 saturated carbocycles. The first-order valence-electron chi connectivity index (χ1n) is 8.55. The SMILES string of the molecule is C[C@H](CCc1ccccc1)NC(=O)[C@@H](C)OC(=O)c1cccc(C#N)c1. The number of amides is 1. The molecule has 0 unspecified atom stereocenters. The van der Waals surface area contributed by atoms with Crippen molar-refractivity contribution in [1.82, 2.24) is 5.32 Å². The second-order valence-electron chi connectivity index (χ2n) is 6.17. The summed E-state index contributed by atoms with van der Waals surface area (Å²) in [4.78, 5) is 24.3. The van der Waals surface area contributed by atoms with Crippen LogP contribution in [0, 0.1) is 11.3 Å². The second kappa shape index (κ2) is 9.38. The smallest absolute Gasteiger partial charge is 0.338 e.